The highest BCUT2D eigenvalue weighted by atomic mass is 16.5. The van der Waals surface area contributed by atoms with E-state index in [9.17, 15) is 0 Å². The van der Waals surface area contributed by atoms with E-state index in [4.69, 9.17) is 21.3 Å². The number of hydrogen-bond acceptors (Lipinski definition) is 5. The number of aromatic nitrogens is 2. The molecule has 0 aliphatic carbocycles. The van der Waals surface area contributed by atoms with E-state index < -0.39 is 0 Å². The number of hydrogen-bond donors (Lipinski definition) is 3. The molecule has 5 N–H and O–H groups in total. The molecule has 100 valence electrons. The van der Waals surface area contributed by atoms with Gasteiger partial charge in [-0.05, 0) is 19.8 Å². The SMILES string of the molecule is CC(N)c1ncn([C@H]2CC[C@@H](CO)O2)c1N=CN. The van der Waals surface area contributed by atoms with Crippen LogP contribution in [0.15, 0.2) is 11.3 Å². The third-order valence-corrected chi connectivity index (χ3v) is 3.02. The summed E-state index contributed by atoms with van der Waals surface area (Å²) < 4.78 is 7.51. The van der Waals surface area contributed by atoms with Crippen molar-refractivity contribution in [1.82, 2.24) is 9.55 Å². The van der Waals surface area contributed by atoms with Crippen LogP contribution in [0.3, 0.4) is 0 Å². The van der Waals surface area contributed by atoms with Crippen LogP contribution in [0, 0.1) is 0 Å². The Labute approximate surface area is 105 Å². The van der Waals surface area contributed by atoms with Gasteiger partial charge in [0.05, 0.1) is 25.4 Å². The lowest BCUT2D eigenvalue weighted by Crippen LogP contribution is -2.14. The van der Waals surface area contributed by atoms with E-state index in [-0.39, 0.29) is 25.0 Å². The van der Waals surface area contributed by atoms with Crippen LogP contribution in [-0.4, -0.2) is 33.7 Å². The van der Waals surface area contributed by atoms with E-state index in [2.05, 4.69) is 9.98 Å². The lowest BCUT2D eigenvalue weighted by Gasteiger charge is -2.15. The van der Waals surface area contributed by atoms with Crippen molar-refractivity contribution in [2.75, 3.05) is 6.61 Å². The van der Waals surface area contributed by atoms with Gasteiger partial charge in [0.15, 0.2) is 5.82 Å². The van der Waals surface area contributed by atoms with Gasteiger partial charge in [-0.3, -0.25) is 4.57 Å². The Morgan fingerprint density at radius 3 is 3.06 bits per heavy atom. The minimum Gasteiger partial charge on any atom is -0.394 e. The largest absolute Gasteiger partial charge is 0.394 e. The molecule has 2 rings (SSSR count). The predicted octanol–water partition coefficient (Wildman–Crippen LogP) is 0.191. The number of nitrogens with two attached hydrogens (primary N) is 2. The van der Waals surface area contributed by atoms with Gasteiger partial charge in [0.25, 0.3) is 0 Å². The molecule has 7 nitrogen and oxygen atoms in total. The van der Waals surface area contributed by atoms with Crippen molar-refractivity contribution in [3.05, 3.63) is 12.0 Å². The zero-order valence-electron chi connectivity index (χ0n) is 10.4. The first-order chi connectivity index (χ1) is 8.67. The van der Waals surface area contributed by atoms with Crippen molar-refractivity contribution in [2.45, 2.75) is 38.1 Å². The highest BCUT2D eigenvalue weighted by Crippen LogP contribution is 2.34. The van der Waals surface area contributed by atoms with Crippen molar-refractivity contribution < 1.29 is 9.84 Å². The van der Waals surface area contributed by atoms with Crippen LogP contribution in [0.5, 0.6) is 0 Å². The molecule has 0 aromatic carbocycles. The molecule has 7 heteroatoms. The van der Waals surface area contributed by atoms with Gasteiger partial charge >= 0.3 is 0 Å². The molecule has 3 atom stereocenters. The fourth-order valence-corrected chi connectivity index (χ4v) is 2.13. The van der Waals surface area contributed by atoms with Crippen LogP contribution in [-0.2, 0) is 4.74 Å². The third-order valence-electron chi connectivity index (χ3n) is 3.02. The molecule has 0 bridgehead atoms. The summed E-state index contributed by atoms with van der Waals surface area (Å²) >= 11 is 0. The molecular weight excluding hydrogens is 234 g/mol. The normalized spacial score (nSPS) is 25.9. The lowest BCUT2D eigenvalue weighted by molar-refractivity contribution is -0.0216. The molecule has 1 fully saturated rings. The van der Waals surface area contributed by atoms with Crippen molar-refractivity contribution >= 4 is 12.2 Å². The highest BCUT2D eigenvalue weighted by Gasteiger charge is 2.28. The molecular formula is C11H19N5O2. The number of ether oxygens (including phenoxy) is 1. The summed E-state index contributed by atoms with van der Waals surface area (Å²) in [5.74, 6) is 0.621. The van der Waals surface area contributed by atoms with E-state index in [1.165, 1.54) is 6.34 Å². The molecule has 0 spiro atoms. The molecule has 1 unspecified atom stereocenters. The second-order valence-corrected chi connectivity index (χ2v) is 4.40. The summed E-state index contributed by atoms with van der Waals surface area (Å²) in [6, 6.07) is -0.222. The zero-order valence-corrected chi connectivity index (χ0v) is 10.4. The molecule has 1 aromatic rings. The monoisotopic (exact) mass is 253 g/mol. The van der Waals surface area contributed by atoms with Crippen molar-refractivity contribution in [3.63, 3.8) is 0 Å². The summed E-state index contributed by atoms with van der Waals surface area (Å²) in [5, 5.41) is 9.08. The first-order valence-corrected chi connectivity index (χ1v) is 6.00. The highest BCUT2D eigenvalue weighted by molar-refractivity contribution is 5.58. The van der Waals surface area contributed by atoms with Crippen molar-refractivity contribution in [1.29, 1.82) is 0 Å². The number of nitrogens with zero attached hydrogens (tertiary/aromatic N) is 3. The van der Waals surface area contributed by atoms with Crippen molar-refractivity contribution in [2.24, 2.45) is 16.5 Å². The van der Waals surface area contributed by atoms with Gasteiger partial charge < -0.3 is 21.3 Å². The van der Waals surface area contributed by atoms with Gasteiger partial charge in [0.2, 0.25) is 0 Å². The van der Waals surface area contributed by atoms with Gasteiger partial charge in [-0.1, -0.05) is 0 Å². The van der Waals surface area contributed by atoms with Gasteiger partial charge in [-0.25, -0.2) is 9.98 Å². The van der Waals surface area contributed by atoms with Gasteiger partial charge in [-0.2, -0.15) is 0 Å². The summed E-state index contributed by atoms with van der Waals surface area (Å²) in [5.41, 5.74) is 11.9. The Bertz CT molecular complexity index is 429. The fraction of sp³-hybridized carbons (Fsp3) is 0.636. The van der Waals surface area contributed by atoms with Crippen LogP contribution >= 0.6 is 0 Å². The van der Waals surface area contributed by atoms with E-state index in [1.54, 1.807) is 6.33 Å². The number of aliphatic hydroxyl groups excluding tert-OH is 1. The predicted molar refractivity (Wildman–Crippen MR) is 67.4 cm³/mol. The Balaban J connectivity index is 2.28. The number of imidazole rings is 1. The third kappa shape index (κ3) is 2.38. The fourth-order valence-electron chi connectivity index (χ4n) is 2.13. The maximum Gasteiger partial charge on any atom is 0.160 e. The topological polar surface area (TPSA) is 112 Å². The van der Waals surface area contributed by atoms with Gasteiger partial charge in [0.1, 0.15) is 11.9 Å². The minimum atomic E-state index is -0.222. The smallest absolute Gasteiger partial charge is 0.160 e. The average molecular weight is 253 g/mol. The lowest BCUT2D eigenvalue weighted by atomic mass is 10.2. The molecule has 0 saturated carbocycles. The molecule has 1 aliphatic heterocycles. The zero-order chi connectivity index (χ0) is 13.1. The summed E-state index contributed by atoms with van der Waals surface area (Å²) in [7, 11) is 0. The quantitative estimate of drug-likeness (QED) is 0.524. The average Bonchev–Trinajstić information content (AvgIpc) is 2.94. The second kappa shape index (κ2) is 5.47. The minimum absolute atomic E-state index is 0.0286. The van der Waals surface area contributed by atoms with E-state index in [1.807, 2.05) is 11.5 Å². The Morgan fingerprint density at radius 1 is 1.72 bits per heavy atom. The molecule has 0 radical (unpaired) electrons. The molecule has 1 saturated heterocycles. The van der Waals surface area contributed by atoms with E-state index in [0.717, 1.165) is 12.8 Å². The number of rotatable bonds is 4. The number of aliphatic hydroxyl groups is 1. The summed E-state index contributed by atoms with van der Waals surface area (Å²) in [4.78, 5) is 8.37. The molecule has 1 aromatic heterocycles. The Morgan fingerprint density at radius 2 is 2.50 bits per heavy atom. The second-order valence-electron chi connectivity index (χ2n) is 4.40. The van der Waals surface area contributed by atoms with Crippen LogP contribution < -0.4 is 11.5 Å². The van der Waals surface area contributed by atoms with Crippen LogP contribution in [0.2, 0.25) is 0 Å². The van der Waals surface area contributed by atoms with Gasteiger partial charge in [0, 0.05) is 6.04 Å². The van der Waals surface area contributed by atoms with E-state index in [0.29, 0.717) is 11.5 Å². The van der Waals surface area contributed by atoms with E-state index >= 15 is 0 Å². The summed E-state index contributed by atoms with van der Waals surface area (Å²) in [6.07, 6.45) is 4.22. The molecule has 2 heterocycles. The molecule has 18 heavy (non-hydrogen) atoms. The van der Waals surface area contributed by atoms with Crippen molar-refractivity contribution in [3.8, 4) is 0 Å². The standard InChI is InChI=1S/C11H19N5O2/c1-7(13)10-11(14-5-12)16(6-15-10)9-3-2-8(4-17)18-9/h5-9,17H,2-4,13H2,1H3,(H2,12,14)/t7?,8-,9+/m0/s1. The number of aliphatic imine (C=N–C) groups is 1. The Kier molecular flexibility index (Phi) is 3.95. The van der Waals surface area contributed by atoms with Crippen LogP contribution in [0.4, 0.5) is 5.82 Å². The van der Waals surface area contributed by atoms with Gasteiger partial charge in [-0.15, -0.1) is 0 Å². The first kappa shape index (κ1) is 13.0. The maximum atomic E-state index is 9.08. The molecule has 0 amide bonds. The summed E-state index contributed by atoms with van der Waals surface area (Å²) in [6.45, 7) is 1.87. The van der Waals surface area contributed by atoms with Crippen LogP contribution in [0.25, 0.3) is 0 Å². The molecule has 1 aliphatic rings. The Hall–Kier alpha value is -1.44. The van der Waals surface area contributed by atoms with Crippen LogP contribution in [0.1, 0.15) is 37.7 Å². The maximum absolute atomic E-state index is 9.08. The first-order valence-electron chi connectivity index (χ1n) is 6.00.